The number of Topliss-reactive ketones (excluding diaryl/α,β-unsaturated/α-hetero) is 2. The normalized spacial score (nSPS) is 18.8. The molecule has 1 aliphatic heterocycles. The van der Waals surface area contributed by atoms with Gasteiger partial charge in [0, 0.05) is 11.1 Å². The zero-order chi connectivity index (χ0) is 18.4. The Morgan fingerprint density at radius 2 is 1.62 bits per heavy atom. The van der Waals surface area contributed by atoms with Gasteiger partial charge in [0.05, 0.1) is 11.5 Å². The van der Waals surface area contributed by atoms with Crippen LogP contribution in [0, 0.1) is 11.3 Å². The third kappa shape index (κ3) is 2.11. The lowest BCUT2D eigenvalue weighted by Crippen LogP contribution is -2.32. The fourth-order valence-corrected chi connectivity index (χ4v) is 3.31. The van der Waals surface area contributed by atoms with Crippen LogP contribution in [-0.4, -0.2) is 16.7 Å². The van der Waals surface area contributed by atoms with Crippen LogP contribution in [-0.2, 0) is 4.74 Å². The van der Waals surface area contributed by atoms with Gasteiger partial charge in [0.2, 0.25) is 11.7 Å². The summed E-state index contributed by atoms with van der Waals surface area (Å²) in [4.78, 5) is 25.9. The van der Waals surface area contributed by atoms with Crippen molar-refractivity contribution in [3.05, 3.63) is 88.0 Å². The van der Waals surface area contributed by atoms with Gasteiger partial charge in [0.25, 0.3) is 0 Å². The van der Waals surface area contributed by atoms with E-state index in [9.17, 15) is 20.0 Å². The van der Waals surface area contributed by atoms with Crippen molar-refractivity contribution < 1.29 is 19.4 Å². The average Bonchev–Trinajstić information content (AvgIpc) is 2.66. The third-order valence-corrected chi connectivity index (χ3v) is 4.51. The number of phenols is 1. The Morgan fingerprint density at radius 3 is 2.23 bits per heavy atom. The Bertz CT molecular complexity index is 1070. The fourth-order valence-electron chi connectivity index (χ4n) is 3.31. The summed E-state index contributed by atoms with van der Waals surface area (Å²) in [6, 6.07) is 14.5. The average molecular weight is 344 g/mol. The molecule has 0 saturated heterocycles. The van der Waals surface area contributed by atoms with Crippen LogP contribution in [0.5, 0.6) is 5.75 Å². The van der Waals surface area contributed by atoms with Crippen LogP contribution in [0.4, 0.5) is 0 Å². The van der Waals surface area contributed by atoms with Crippen LogP contribution in [0.25, 0.3) is 0 Å². The SMILES string of the molecule is N#CC1=C(N)OC2=C(C(=O)c3ccccc3C2=O)[C@H]1c1ccc(O)cc1. The number of hydrogen-bond donors (Lipinski definition) is 2. The smallest absolute Gasteiger partial charge is 0.229 e. The van der Waals surface area contributed by atoms with E-state index in [-0.39, 0.29) is 45.4 Å². The van der Waals surface area contributed by atoms with E-state index >= 15 is 0 Å². The molecule has 0 bridgehead atoms. The van der Waals surface area contributed by atoms with Gasteiger partial charge in [-0.1, -0.05) is 36.4 Å². The summed E-state index contributed by atoms with van der Waals surface area (Å²) in [6.07, 6.45) is 0. The quantitative estimate of drug-likeness (QED) is 0.822. The molecule has 1 atom stereocenters. The molecule has 6 nitrogen and oxygen atoms in total. The van der Waals surface area contributed by atoms with Gasteiger partial charge in [-0.3, -0.25) is 9.59 Å². The second-order valence-corrected chi connectivity index (χ2v) is 5.96. The molecular formula is C20H12N2O4. The van der Waals surface area contributed by atoms with E-state index in [1.54, 1.807) is 36.4 Å². The molecule has 0 amide bonds. The highest BCUT2D eigenvalue weighted by Crippen LogP contribution is 2.44. The highest BCUT2D eigenvalue weighted by molar-refractivity contribution is 6.27. The van der Waals surface area contributed by atoms with Crippen molar-refractivity contribution in [2.24, 2.45) is 5.73 Å². The van der Waals surface area contributed by atoms with Gasteiger partial charge < -0.3 is 15.6 Å². The summed E-state index contributed by atoms with van der Waals surface area (Å²) in [5, 5.41) is 19.1. The predicted octanol–water partition coefficient (Wildman–Crippen LogP) is 2.53. The molecule has 2 aromatic carbocycles. The molecule has 0 saturated carbocycles. The molecule has 2 aromatic rings. The number of ketones is 2. The summed E-state index contributed by atoms with van der Waals surface area (Å²) in [7, 11) is 0. The van der Waals surface area contributed by atoms with Crippen LogP contribution in [0.1, 0.15) is 32.2 Å². The van der Waals surface area contributed by atoms with E-state index in [1.165, 1.54) is 12.1 Å². The van der Waals surface area contributed by atoms with Crippen LogP contribution < -0.4 is 5.73 Å². The lowest BCUT2D eigenvalue weighted by Gasteiger charge is -2.30. The van der Waals surface area contributed by atoms with Gasteiger partial charge in [0.15, 0.2) is 11.5 Å². The van der Waals surface area contributed by atoms with E-state index in [0.717, 1.165) is 0 Å². The van der Waals surface area contributed by atoms with Crippen molar-refractivity contribution in [2.75, 3.05) is 0 Å². The maximum atomic E-state index is 13.1. The minimum absolute atomic E-state index is 0.0434. The molecule has 0 aromatic heterocycles. The Hall–Kier alpha value is -3.85. The number of rotatable bonds is 1. The molecule has 4 rings (SSSR count). The molecule has 0 spiro atoms. The predicted molar refractivity (Wildman–Crippen MR) is 90.9 cm³/mol. The van der Waals surface area contributed by atoms with Gasteiger partial charge in [-0.25, -0.2) is 0 Å². The summed E-state index contributed by atoms with van der Waals surface area (Å²) in [5.74, 6) is -1.98. The molecule has 2 aliphatic rings. The Morgan fingerprint density at radius 1 is 1.00 bits per heavy atom. The van der Waals surface area contributed by atoms with E-state index in [2.05, 4.69) is 0 Å². The Kier molecular flexibility index (Phi) is 3.38. The van der Waals surface area contributed by atoms with E-state index < -0.39 is 11.7 Å². The van der Waals surface area contributed by atoms with Gasteiger partial charge >= 0.3 is 0 Å². The first kappa shape index (κ1) is 15.7. The van der Waals surface area contributed by atoms with Crippen LogP contribution in [0.3, 0.4) is 0 Å². The monoisotopic (exact) mass is 344 g/mol. The number of aromatic hydroxyl groups is 1. The van der Waals surface area contributed by atoms with Crippen molar-refractivity contribution in [1.82, 2.24) is 0 Å². The number of phenolic OH excluding ortho intramolecular Hbond substituents is 1. The summed E-state index contributed by atoms with van der Waals surface area (Å²) >= 11 is 0. The zero-order valence-electron chi connectivity index (χ0n) is 13.4. The van der Waals surface area contributed by atoms with Gasteiger partial charge in [-0.15, -0.1) is 0 Å². The number of benzene rings is 2. The molecule has 1 heterocycles. The number of carbonyl (C=O) groups excluding carboxylic acids is 2. The standard InChI is InChI=1S/C20H12N2O4/c21-9-14-15(10-5-7-11(23)8-6-10)16-17(24)12-3-1-2-4-13(12)18(25)19(16)26-20(14)22/h1-8,15,23H,22H2/t15-/m0/s1. The lowest BCUT2D eigenvalue weighted by molar-refractivity contribution is 0.0897. The number of nitrogens with two attached hydrogens (primary N) is 1. The third-order valence-electron chi connectivity index (χ3n) is 4.51. The number of nitriles is 1. The molecule has 26 heavy (non-hydrogen) atoms. The Balaban J connectivity index is 1.97. The minimum Gasteiger partial charge on any atom is -0.508 e. The highest BCUT2D eigenvalue weighted by Gasteiger charge is 2.43. The van der Waals surface area contributed by atoms with Crippen LogP contribution in [0.15, 0.2) is 71.3 Å². The van der Waals surface area contributed by atoms with Crippen molar-refractivity contribution in [3.8, 4) is 11.8 Å². The van der Waals surface area contributed by atoms with Crippen molar-refractivity contribution >= 4 is 11.6 Å². The first-order valence-corrected chi connectivity index (χ1v) is 7.82. The number of carbonyl (C=O) groups is 2. The van der Waals surface area contributed by atoms with Gasteiger partial charge in [-0.2, -0.15) is 5.26 Å². The number of ether oxygens (including phenoxy) is 1. The second kappa shape index (κ2) is 5.60. The van der Waals surface area contributed by atoms with Crippen molar-refractivity contribution in [2.45, 2.75) is 5.92 Å². The summed E-state index contributed by atoms with van der Waals surface area (Å²) in [6.45, 7) is 0. The van der Waals surface area contributed by atoms with Crippen LogP contribution >= 0.6 is 0 Å². The summed E-state index contributed by atoms with van der Waals surface area (Å²) < 4.78 is 5.40. The maximum absolute atomic E-state index is 13.1. The molecule has 1 aliphatic carbocycles. The fraction of sp³-hybridized carbons (Fsp3) is 0.0500. The first-order valence-electron chi connectivity index (χ1n) is 7.82. The number of fused-ring (bicyclic) bond motifs is 1. The zero-order valence-corrected chi connectivity index (χ0v) is 13.4. The van der Waals surface area contributed by atoms with E-state index in [1.807, 2.05) is 6.07 Å². The van der Waals surface area contributed by atoms with Crippen molar-refractivity contribution in [3.63, 3.8) is 0 Å². The largest absolute Gasteiger partial charge is 0.508 e. The molecule has 126 valence electrons. The first-order chi connectivity index (χ1) is 12.5. The number of hydrogen-bond acceptors (Lipinski definition) is 6. The van der Waals surface area contributed by atoms with Crippen molar-refractivity contribution in [1.29, 1.82) is 5.26 Å². The molecule has 3 N–H and O–H groups in total. The van der Waals surface area contributed by atoms with E-state index in [4.69, 9.17) is 10.5 Å². The number of nitrogens with zero attached hydrogens (tertiary/aromatic N) is 1. The van der Waals surface area contributed by atoms with Gasteiger partial charge in [-0.05, 0) is 17.7 Å². The molecule has 0 unspecified atom stereocenters. The molecule has 0 radical (unpaired) electrons. The topological polar surface area (TPSA) is 113 Å². The highest BCUT2D eigenvalue weighted by atomic mass is 16.5. The van der Waals surface area contributed by atoms with Crippen LogP contribution in [0.2, 0.25) is 0 Å². The van der Waals surface area contributed by atoms with Gasteiger partial charge in [0.1, 0.15) is 17.4 Å². The number of allylic oxidation sites excluding steroid dienone is 3. The Labute approximate surface area is 148 Å². The maximum Gasteiger partial charge on any atom is 0.229 e. The lowest BCUT2D eigenvalue weighted by atomic mass is 9.75. The molecule has 6 heteroatoms. The summed E-state index contributed by atoms with van der Waals surface area (Å²) in [5.41, 5.74) is 7.07. The second-order valence-electron chi connectivity index (χ2n) is 5.96. The molecule has 0 fully saturated rings. The van der Waals surface area contributed by atoms with E-state index in [0.29, 0.717) is 5.56 Å². The minimum atomic E-state index is -0.839. The molecular weight excluding hydrogens is 332 g/mol.